The van der Waals surface area contributed by atoms with E-state index >= 15 is 0 Å². The van der Waals surface area contributed by atoms with E-state index in [9.17, 15) is 23.1 Å². The van der Waals surface area contributed by atoms with Crippen molar-refractivity contribution in [1.82, 2.24) is 9.97 Å². The molecule has 3 heterocycles. The van der Waals surface area contributed by atoms with Gasteiger partial charge in [-0.2, -0.15) is 0 Å². The number of benzene rings is 4. The number of nitrogens with one attached hydrogen (secondary N) is 3. The third-order valence-electron chi connectivity index (χ3n) is 11.2. The number of fused-ring (bicyclic) bond motifs is 2. The zero-order chi connectivity index (χ0) is 38.4. The third-order valence-corrected chi connectivity index (χ3v) is 12.6. The number of carbonyl (C=O) groups excluding carboxylic acids is 1. The molecule has 0 fully saturated rings. The molecule has 0 saturated carbocycles. The van der Waals surface area contributed by atoms with Gasteiger partial charge in [-0.1, -0.05) is 145 Å². The van der Waals surface area contributed by atoms with Crippen LogP contribution in [0, 0.1) is 0 Å². The highest BCUT2D eigenvalue weighted by Crippen LogP contribution is 2.52. The maximum Gasteiger partial charge on any atom is 0.340 e. The van der Waals surface area contributed by atoms with Gasteiger partial charge in [-0.25, -0.2) is 18.0 Å². The van der Waals surface area contributed by atoms with Gasteiger partial charge in [-0.05, 0) is 30.0 Å². The minimum Gasteiger partial charge on any atom is -0.478 e. The van der Waals surface area contributed by atoms with Crippen molar-refractivity contribution in [1.29, 1.82) is 0 Å². The molecule has 6 aromatic rings. The second-order valence-electron chi connectivity index (χ2n) is 15.0. The summed E-state index contributed by atoms with van der Waals surface area (Å²) in [4.78, 5) is 32.7. The zero-order valence-corrected chi connectivity index (χ0v) is 32.4. The Morgan fingerprint density at radius 1 is 0.691 bits per heavy atom. The lowest BCUT2D eigenvalue weighted by Gasteiger charge is -2.38. The molecule has 1 atom stereocenters. The van der Waals surface area contributed by atoms with Crippen LogP contribution in [0.4, 0.5) is 5.69 Å². The van der Waals surface area contributed by atoms with Crippen molar-refractivity contribution in [2.45, 2.75) is 102 Å². The Balaban J connectivity index is 1.11. The Morgan fingerprint density at radius 2 is 1.24 bits per heavy atom. The van der Waals surface area contributed by atoms with Gasteiger partial charge >= 0.3 is 11.9 Å². The Bertz CT molecular complexity index is 2420. The van der Waals surface area contributed by atoms with Gasteiger partial charge in [-0.15, -0.1) is 0 Å². The van der Waals surface area contributed by atoms with Crippen molar-refractivity contribution >= 4 is 60.2 Å². The lowest BCUT2D eigenvalue weighted by Crippen LogP contribution is -2.38. The number of rotatable bonds is 20. The number of carboxylic acids is 1. The standard InChI is InChI=1S/C45H51N3O6S/c1-2-3-4-5-6-7-8-9-10-11-12-13-14-15-28-55(52,53)48-39-27-19-23-33-38(30-47-42(33)39)45(37-29-46-41-32(37)22-18-25-35(41)43(49)50)36-26-17-21-31-20-16-24-34(40(31)36)44(51)54-45/h16-27,29-30,46-48H,2-15,28H2,1H3,(H,49,50). The van der Waals surface area contributed by atoms with Crippen molar-refractivity contribution < 1.29 is 27.9 Å². The molecule has 1 aliphatic rings. The highest BCUT2D eigenvalue weighted by molar-refractivity contribution is 7.92. The molecule has 55 heavy (non-hydrogen) atoms. The molecular weight excluding hydrogens is 711 g/mol. The first-order valence-corrected chi connectivity index (χ1v) is 21.6. The highest BCUT2D eigenvalue weighted by Gasteiger charge is 2.48. The van der Waals surface area contributed by atoms with Crippen LogP contribution in [0.15, 0.2) is 85.2 Å². The molecule has 288 valence electrons. The van der Waals surface area contributed by atoms with E-state index in [1.54, 1.807) is 36.7 Å². The summed E-state index contributed by atoms with van der Waals surface area (Å²) in [5.41, 5.74) is 2.23. The summed E-state index contributed by atoms with van der Waals surface area (Å²) in [5.74, 6) is -1.58. The molecule has 4 aromatic carbocycles. The fraction of sp³-hybridized carbons (Fsp3) is 0.378. The second-order valence-corrected chi connectivity index (χ2v) is 16.8. The van der Waals surface area contributed by atoms with Crippen molar-refractivity contribution in [3.63, 3.8) is 0 Å². The monoisotopic (exact) mass is 761 g/mol. The lowest BCUT2D eigenvalue weighted by atomic mass is 9.75. The van der Waals surface area contributed by atoms with E-state index in [2.05, 4.69) is 21.6 Å². The number of cyclic esters (lactones) is 1. The SMILES string of the molecule is CCCCCCCCCCCCCCCCS(=O)(=O)Nc1cccc2c(C3(c4c[nH]c5c(C(=O)O)cccc45)OC(=O)c4cccc5cccc3c45)c[nH]c12. The van der Waals surface area contributed by atoms with Crippen LogP contribution >= 0.6 is 0 Å². The Hall–Kier alpha value is -5.09. The number of hydrogen-bond acceptors (Lipinski definition) is 5. The van der Waals surface area contributed by atoms with Gasteiger partial charge in [-0.3, -0.25) is 4.72 Å². The number of carboxylic acid groups (broad SMARTS) is 1. The summed E-state index contributed by atoms with van der Waals surface area (Å²) >= 11 is 0. The molecule has 0 amide bonds. The van der Waals surface area contributed by atoms with Gasteiger partial charge in [0.2, 0.25) is 10.0 Å². The van der Waals surface area contributed by atoms with Crippen LogP contribution in [-0.2, 0) is 20.4 Å². The number of aromatic nitrogens is 2. The van der Waals surface area contributed by atoms with E-state index in [1.807, 2.05) is 42.5 Å². The Kier molecular flexibility index (Phi) is 11.6. The maximum atomic E-state index is 14.0. The van der Waals surface area contributed by atoms with E-state index in [4.69, 9.17) is 4.74 Å². The zero-order valence-electron chi connectivity index (χ0n) is 31.6. The summed E-state index contributed by atoms with van der Waals surface area (Å²) in [6.07, 6.45) is 20.2. The molecule has 10 heteroatoms. The molecule has 7 rings (SSSR count). The Labute approximate surface area is 322 Å². The van der Waals surface area contributed by atoms with Crippen LogP contribution in [0.25, 0.3) is 32.6 Å². The Morgan fingerprint density at radius 3 is 1.87 bits per heavy atom. The van der Waals surface area contributed by atoms with E-state index in [1.165, 1.54) is 70.3 Å². The van der Waals surface area contributed by atoms with E-state index in [0.717, 1.165) is 30.0 Å². The molecule has 1 unspecified atom stereocenters. The number of sulfonamides is 1. The van der Waals surface area contributed by atoms with Crippen molar-refractivity contribution in [3.8, 4) is 0 Å². The molecule has 0 saturated heterocycles. The fourth-order valence-electron chi connectivity index (χ4n) is 8.46. The second kappa shape index (κ2) is 16.7. The van der Waals surface area contributed by atoms with Gasteiger partial charge < -0.3 is 19.8 Å². The number of para-hydroxylation sites is 2. The summed E-state index contributed by atoms with van der Waals surface area (Å²) in [7, 11) is -3.66. The number of hydrogen-bond donors (Lipinski definition) is 4. The van der Waals surface area contributed by atoms with E-state index in [0.29, 0.717) is 56.2 Å². The molecule has 1 aliphatic heterocycles. The van der Waals surface area contributed by atoms with Gasteiger partial charge in [0.05, 0.1) is 33.6 Å². The molecular formula is C45H51N3O6S. The van der Waals surface area contributed by atoms with Gasteiger partial charge in [0.1, 0.15) is 0 Å². The molecule has 2 aromatic heterocycles. The smallest absolute Gasteiger partial charge is 0.340 e. The molecule has 4 N–H and O–H groups in total. The number of aromatic amines is 2. The van der Waals surface area contributed by atoms with E-state index in [-0.39, 0.29) is 11.3 Å². The van der Waals surface area contributed by atoms with Crippen LogP contribution in [0.3, 0.4) is 0 Å². The summed E-state index contributed by atoms with van der Waals surface area (Å²) in [6, 6.07) is 21.7. The number of aromatic carboxylic acids is 1. The first-order chi connectivity index (χ1) is 26.7. The normalized spacial score (nSPS) is 15.5. The average molecular weight is 762 g/mol. The van der Waals surface area contributed by atoms with Gasteiger partial charge in [0, 0.05) is 45.2 Å². The topological polar surface area (TPSA) is 141 Å². The highest BCUT2D eigenvalue weighted by atomic mass is 32.2. The number of unbranched alkanes of at least 4 members (excludes halogenated alkanes) is 13. The number of H-pyrrole nitrogens is 2. The van der Waals surface area contributed by atoms with Crippen LogP contribution < -0.4 is 4.72 Å². The third kappa shape index (κ3) is 7.74. The molecule has 0 bridgehead atoms. The van der Waals surface area contributed by atoms with Crippen molar-refractivity contribution in [2.24, 2.45) is 0 Å². The summed E-state index contributed by atoms with van der Waals surface area (Å²) in [5, 5.41) is 12.8. The number of anilines is 1. The molecule has 0 radical (unpaired) electrons. The molecule has 9 nitrogen and oxygen atoms in total. The summed E-state index contributed by atoms with van der Waals surface area (Å²) in [6.45, 7) is 2.25. The van der Waals surface area contributed by atoms with Crippen LogP contribution in [-0.4, -0.2) is 41.2 Å². The minimum atomic E-state index is -3.66. The van der Waals surface area contributed by atoms with Crippen molar-refractivity contribution in [3.05, 3.63) is 113 Å². The average Bonchev–Trinajstić information content (AvgIpc) is 3.82. The van der Waals surface area contributed by atoms with Gasteiger partial charge in [0.15, 0.2) is 5.60 Å². The minimum absolute atomic E-state index is 0.0244. The first kappa shape index (κ1) is 38.2. The quantitative estimate of drug-likeness (QED) is 0.0451. The van der Waals surface area contributed by atoms with Crippen LogP contribution in [0.1, 0.15) is 134 Å². The molecule has 0 spiro atoms. The predicted molar refractivity (Wildman–Crippen MR) is 221 cm³/mol. The largest absolute Gasteiger partial charge is 0.478 e. The summed E-state index contributed by atoms with van der Waals surface area (Å²) < 4.78 is 36.3. The first-order valence-electron chi connectivity index (χ1n) is 20.0. The van der Waals surface area contributed by atoms with Crippen molar-refractivity contribution in [2.75, 3.05) is 10.5 Å². The maximum absolute atomic E-state index is 14.0. The van der Waals surface area contributed by atoms with Crippen LogP contribution in [0.5, 0.6) is 0 Å². The van der Waals surface area contributed by atoms with Gasteiger partial charge in [0.25, 0.3) is 0 Å². The fourth-order valence-corrected chi connectivity index (χ4v) is 9.65. The lowest BCUT2D eigenvalue weighted by molar-refractivity contribution is 0.0135. The van der Waals surface area contributed by atoms with E-state index < -0.39 is 27.6 Å². The predicted octanol–water partition coefficient (Wildman–Crippen LogP) is 11.2. The number of ether oxygens (including phenoxy) is 1. The molecule has 0 aliphatic carbocycles. The number of esters is 1. The van der Waals surface area contributed by atoms with Crippen LogP contribution in [0.2, 0.25) is 0 Å². The number of carbonyl (C=O) groups is 2.